The van der Waals surface area contributed by atoms with Crippen LogP contribution in [0, 0.1) is 5.82 Å². The van der Waals surface area contributed by atoms with Crippen LogP contribution < -0.4 is 5.32 Å². The van der Waals surface area contributed by atoms with Crippen molar-refractivity contribution in [1.29, 1.82) is 0 Å². The van der Waals surface area contributed by atoms with E-state index in [4.69, 9.17) is 0 Å². The Morgan fingerprint density at radius 2 is 2.00 bits per heavy atom. The van der Waals surface area contributed by atoms with E-state index in [1.165, 1.54) is 12.3 Å². The molecule has 0 saturated heterocycles. The molecule has 94 valence electrons. The maximum atomic E-state index is 12.9. The number of nitrogens with one attached hydrogen (secondary N) is 1. The minimum atomic E-state index is -0.562. The quantitative estimate of drug-likeness (QED) is 0.848. The van der Waals surface area contributed by atoms with Crippen molar-refractivity contribution in [2.24, 2.45) is 0 Å². The van der Waals surface area contributed by atoms with Crippen LogP contribution in [0.25, 0.3) is 0 Å². The minimum absolute atomic E-state index is 0.349. The van der Waals surface area contributed by atoms with Crippen LogP contribution in [-0.2, 0) is 6.54 Å². The zero-order valence-electron chi connectivity index (χ0n) is 9.88. The number of rotatable bonds is 5. The fraction of sp³-hybridized carbons (Fsp3) is 0.214. The average Bonchev–Trinajstić information content (AvgIpc) is 2.40. The van der Waals surface area contributed by atoms with Gasteiger partial charge in [-0.1, -0.05) is 30.3 Å². The van der Waals surface area contributed by atoms with Crippen molar-refractivity contribution < 1.29 is 9.50 Å². The van der Waals surface area contributed by atoms with Crippen LogP contribution in [0.3, 0.4) is 0 Å². The molecule has 0 spiro atoms. The Labute approximate surface area is 105 Å². The molecule has 0 fully saturated rings. The maximum Gasteiger partial charge on any atom is 0.141 e. The Balaban J connectivity index is 1.82. The fourth-order valence-corrected chi connectivity index (χ4v) is 1.70. The summed E-state index contributed by atoms with van der Waals surface area (Å²) in [7, 11) is 0. The summed E-state index contributed by atoms with van der Waals surface area (Å²) in [6.07, 6.45) is 2.21. The van der Waals surface area contributed by atoms with Crippen LogP contribution in [0.5, 0.6) is 0 Å². The molecule has 1 unspecified atom stereocenters. The molecule has 1 aromatic carbocycles. The molecule has 4 heteroatoms. The summed E-state index contributed by atoms with van der Waals surface area (Å²) >= 11 is 0. The second-order valence-electron chi connectivity index (χ2n) is 4.07. The van der Waals surface area contributed by atoms with E-state index in [2.05, 4.69) is 10.3 Å². The van der Waals surface area contributed by atoms with E-state index in [0.717, 1.165) is 11.1 Å². The fourth-order valence-electron chi connectivity index (χ4n) is 1.70. The Morgan fingerprint density at radius 1 is 1.22 bits per heavy atom. The van der Waals surface area contributed by atoms with Gasteiger partial charge in [0, 0.05) is 19.3 Å². The predicted molar refractivity (Wildman–Crippen MR) is 67.3 cm³/mol. The minimum Gasteiger partial charge on any atom is -0.387 e. The lowest BCUT2D eigenvalue weighted by Crippen LogP contribution is -2.21. The molecule has 0 aliphatic carbocycles. The lowest BCUT2D eigenvalue weighted by atomic mass is 10.1. The molecule has 0 saturated carbocycles. The number of benzene rings is 1. The zero-order valence-corrected chi connectivity index (χ0v) is 9.88. The average molecular weight is 246 g/mol. The van der Waals surface area contributed by atoms with Gasteiger partial charge in [0.05, 0.1) is 12.3 Å². The third-order valence-electron chi connectivity index (χ3n) is 2.61. The molecule has 3 nitrogen and oxygen atoms in total. The number of aliphatic hydroxyl groups excluding tert-OH is 1. The summed E-state index contributed by atoms with van der Waals surface area (Å²) in [5.41, 5.74) is 1.62. The zero-order chi connectivity index (χ0) is 12.8. The van der Waals surface area contributed by atoms with E-state index in [-0.39, 0.29) is 5.82 Å². The van der Waals surface area contributed by atoms with Gasteiger partial charge in [0.2, 0.25) is 0 Å². The molecule has 0 aliphatic heterocycles. The van der Waals surface area contributed by atoms with Gasteiger partial charge in [0.1, 0.15) is 5.82 Å². The van der Waals surface area contributed by atoms with E-state index in [1.807, 2.05) is 30.3 Å². The first-order valence-electron chi connectivity index (χ1n) is 5.79. The number of hydrogen-bond donors (Lipinski definition) is 2. The lowest BCUT2D eigenvalue weighted by Gasteiger charge is -2.12. The van der Waals surface area contributed by atoms with E-state index in [1.54, 1.807) is 6.20 Å². The predicted octanol–water partition coefficient (Wildman–Crippen LogP) is 2.04. The van der Waals surface area contributed by atoms with Crippen LogP contribution in [0.1, 0.15) is 17.2 Å². The van der Waals surface area contributed by atoms with Crippen molar-refractivity contribution in [3.05, 3.63) is 65.7 Å². The topological polar surface area (TPSA) is 45.1 Å². The highest BCUT2D eigenvalue weighted by atomic mass is 19.1. The summed E-state index contributed by atoms with van der Waals surface area (Å²) in [6.45, 7) is 0.898. The first kappa shape index (κ1) is 12.7. The Morgan fingerprint density at radius 3 is 2.72 bits per heavy atom. The van der Waals surface area contributed by atoms with Gasteiger partial charge in [-0.2, -0.15) is 0 Å². The molecule has 1 aromatic heterocycles. The molecular formula is C14H15FN2O. The molecule has 1 heterocycles. The second-order valence-corrected chi connectivity index (χ2v) is 4.07. The van der Waals surface area contributed by atoms with Crippen molar-refractivity contribution in [3.63, 3.8) is 0 Å². The monoisotopic (exact) mass is 246 g/mol. The van der Waals surface area contributed by atoms with Crippen molar-refractivity contribution in [3.8, 4) is 0 Å². The Kier molecular flexibility index (Phi) is 4.39. The van der Waals surface area contributed by atoms with Crippen molar-refractivity contribution in [2.45, 2.75) is 12.6 Å². The van der Waals surface area contributed by atoms with Crippen molar-refractivity contribution >= 4 is 0 Å². The highest BCUT2D eigenvalue weighted by molar-refractivity contribution is 5.17. The maximum absolute atomic E-state index is 12.9. The van der Waals surface area contributed by atoms with Gasteiger partial charge in [0.15, 0.2) is 0 Å². The third-order valence-corrected chi connectivity index (χ3v) is 2.61. The molecule has 2 aromatic rings. The van der Waals surface area contributed by atoms with Gasteiger partial charge >= 0.3 is 0 Å². The van der Waals surface area contributed by atoms with Crippen LogP contribution in [0.15, 0.2) is 48.8 Å². The van der Waals surface area contributed by atoms with Crippen LogP contribution >= 0.6 is 0 Å². The summed E-state index contributed by atoms with van der Waals surface area (Å²) < 4.78 is 12.9. The summed E-state index contributed by atoms with van der Waals surface area (Å²) in [6, 6.07) is 10.8. The number of aliphatic hydroxyl groups is 1. The molecule has 0 amide bonds. The largest absolute Gasteiger partial charge is 0.387 e. The van der Waals surface area contributed by atoms with E-state index in [0.29, 0.717) is 13.1 Å². The number of aromatic nitrogens is 1. The molecular weight excluding hydrogens is 231 g/mol. The molecule has 0 radical (unpaired) electrons. The van der Waals surface area contributed by atoms with Gasteiger partial charge < -0.3 is 10.4 Å². The SMILES string of the molecule is OC(CNCc1cncc(F)c1)c1ccccc1. The standard InChI is InChI=1S/C14H15FN2O/c15-13-6-11(7-16-9-13)8-17-10-14(18)12-4-2-1-3-5-12/h1-7,9,14,17-18H,8,10H2. The first-order chi connectivity index (χ1) is 8.75. The third kappa shape index (κ3) is 3.61. The van der Waals surface area contributed by atoms with Gasteiger partial charge in [-0.25, -0.2) is 4.39 Å². The number of halogens is 1. The normalized spacial score (nSPS) is 12.3. The van der Waals surface area contributed by atoms with Crippen LogP contribution in [0.4, 0.5) is 4.39 Å². The smallest absolute Gasteiger partial charge is 0.141 e. The first-order valence-corrected chi connectivity index (χ1v) is 5.79. The Bertz CT molecular complexity index is 490. The van der Waals surface area contributed by atoms with E-state index < -0.39 is 6.10 Å². The van der Waals surface area contributed by atoms with Gasteiger partial charge in [0.25, 0.3) is 0 Å². The lowest BCUT2D eigenvalue weighted by molar-refractivity contribution is 0.174. The molecule has 0 aliphatic rings. The molecule has 0 bridgehead atoms. The molecule has 2 N–H and O–H groups in total. The molecule has 18 heavy (non-hydrogen) atoms. The van der Waals surface area contributed by atoms with E-state index in [9.17, 15) is 9.50 Å². The van der Waals surface area contributed by atoms with Gasteiger partial charge in [-0.05, 0) is 17.2 Å². The second kappa shape index (κ2) is 6.23. The van der Waals surface area contributed by atoms with Crippen LogP contribution in [-0.4, -0.2) is 16.6 Å². The number of nitrogens with zero attached hydrogens (tertiary/aromatic N) is 1. The number of pyridine rings is 1. The van der Waals surface area contributed by atoms with Gasteiger partial charge in [-0.3, -0.25) is 4.98 Å². The molecule has 2 rings (SSSR count). The summed E-state index contributed by atoms with van der Waals surface area (Å²) in [4.78, 5) is 3.76. The van der Waals surface area contributed by atoms with Gasteiger partial charge in [-0.15, -0.1) is 0 Å². The molecule has 1 atom stereocenters. The highest BCUT2D eigenvalue weighted by Crippen LogP contribution is 2.10. The summed E-state index contributed by atoms with van der Waals surface area (Å²) in [5.74, 6) is -0.349. The Hall–Kier alpha value is -1.78. The summed E-state index contributed by atoms with van der Waals surface area (Å²) in [5, 5.41) is 13.0. The van der Waals surface area contributed by atoms with Crippen molar-refractivity contribution in [1.82, 2.24) is 10.3 Å². The highest BCUT2D eigenvalue weighted by Gasteiger charge is 2.05. The van der Waals surface area contributed by atoms with Crippen molar-refractivity contribution in [2.75, 3.05) is 6.54 Å². The number of hydrogen-bond acceptors (Lipinski definition) is 3. The van der Waals surface area contributed by atoms with Crippen LogP contribution in [0.2, 0.25) is 0 Å². The van der Waals surface area contributed by atoms with E-state index >= 15 is 0 Å².